The van der Waals surface area contributed by atoms with Crippen LogP contribution in [0.2, 0.25) is 0 Å². The lowest BCUT2D eigenvalue weighted by Gasteiger charge is -2.17. The van der Waals surface area contributed by atoms with Gasteiger partial charge >= 0.3 is 5.97 Å². The largest absolute Gasteiger partial charge is 0.452 e. The molecule has 1 heterocycles. The van der Waals surface area contributed by atoms with Crippen LogP contribution in [0, 0.1) is 5.92 Å². The minimum atomic E-state index is -0.542. The molecule has 2 rings (SSSR count). The summed E-state index contributed by atoms with van der Waals surface area (Å²) in [6, 6.07) is 4.96. The van der Waals surface area contributed by atoms with Crippen molar-refractivity contribution in [1.29, 1.82) is 0 Å². The molecule has 0 bridgehead atoms. The molecule has 6 nitrogen and oxygen atoms in total. The molecule has 1 aliphatic heterocycles. The van der Waals surface area contributed by atoms with Crippen molar-refractivity contribution >= 4 is 23.5 Å². The Kier molecular flexibility index (Phi) is 5.14. The smallest absolute Gasteiger partial charge is 0.338 e. The summed E-state index contributed by atoms with van der Waals surface area (Å²) < 4.78 is 5.00. The van der Waals surface area contributed by atoms with Crippen molar-refractivity contribution in [2.24, 2.45) is 5.92 Å². The topological polar surface area (TPSA) is 84.5 Å². The van der Waals surface area contributed by atoms with E-state index < -0.39 is 5.97 Å². The first-order valence-electron chi connectivity index (χ1n) is 7.32. The van der Waals surface area contributed by atoms with Crippen molar-refractivity contribution in [2.75, 3.05) is 18.5 Å². The minimum absolute atomic E-state index is 0.0235. The van der Waals surface area contributed by atoms with Gasteiger partial charge in [0, 0.05) is 18.7 Å². The first kappa shape index (κ1) is 16.0. The van der Waals surface area contributed by atoms with Gasteiger partial charge in [-0.1, -0.05) is 13.8 Å². The van der Waals surface area contributed by atoms with Crippen LogP contribution in [0.3, 0.4) is 0 Å². The maximum absolute atomic E-state index is 11.9. The van der Waals surface area contributed by atoms with Crippen molar-refractivity contribution in [3.05, 3.63) is 29.3 Å². The second-order valence-corrected chi connectivity index (χ2v) is 5.69. The fraction of sp³-hybridized carbons (Fsp3) is 0.438. The Morgan fingerprint density at radius 3 is 2.82 bits per heavy atom. The number of nitrogens with one attached hydrogen (secondary N) is 2. The van der Waals surface area contributed by atoms with Crippen LogP contribution in [-0.4, -0.2) is 30.9 Å². The lowest BCUT2D eigenvalue weighted by molar-refractivity contribution is -0.124. The lowest BCUT2D eigenvalue weighted by Crippen LogP contribution is -2.31. The van der Waals surface area contributed by atoms with Gasteiger partial charge in [0.05, 0.1) is 5.56 Å². The Bertz CT molecular complexity index is 596. The van der Waals surface area contributed by atoms with Gasteiger partial charge in [-0.2, -0.15) is 0 Å². The van der Waals surface area contributed by atoms with Crippen LogP contribution in [-0.2, 0) is 20.7 Å². The van der Waals surface area contributed by atoms with Crippen LogP contribution in [0.5, 0.6) is 0 Å². The standard InChI is InChI=1S/C16H20N2O4/c1-10(2)8-17-15(20)9-22-16(21)12-3-5-13-11(7-12)4-6-14(19)18-13/h3,5,7,10H,4,6,8-9H2,1-2H3,(H,17,20)(H,18,19). The van der Waals surface area contributed by atoms with E-state index >= 15 is 0 Å². The van der Waals surface area contributed by atoms with Gasteiger partial charge in [-0.25, -0.2) is 4.79 Å². The summed E-state index contributed by atoms with van der Waals surface area (Å²) in [7, 11) is 0. The number of hydrogen-bond donors (Lipinski definition) is 2. The number of hydrogen-bond acceptors (Lipinski definition) is 4. The number of carbonyl (C=O) groups excluding carboxylic acids is 3. The molecule has 0 spiro atoms. The quantitative estimate of drug-likeness (QED) is 0.807. The Morgan fingerprint density at radius 2 is 2.09 bits per heavy atom. The molecule has 22 heavy (non-hydrogen) atoms. The van der Waals surface area contributed by atoms with Crippen molar-refractivity contribution in [2.45, 2.75) is 26.7 Å². The second-order valence-electron chi connectivity index (χ2n) is 5.69. The van der Waals surface area contributed by atoms with Crippen LogP contribution in [0.25, 0.3) is 0 Å². The Morgan fingerprint density at radius 1 is 1.32 bits per heavy atom. The number of rotatable bonds is 5. The second kappa shape index (κ2) is 7.06. The monoisotopic (exact) mass is 304 g/mol. The summed E-state index contributed by atoms with van der Waals surface area (Å²) in [5, 5.41) is 5.43. The molecule has 0 atom stereocenters. The van der Waals surface area contributed by atoms with E-state index in [1.807, 2.05) is 13.8 Å². The first-order chi connectivity index (χ1) is 10.5. The Balaban J connectivity index is 1.90. The number of fused-ring (bicyclic) bond motifs is 1. The van der Waals surface area contributed by atoms with Crippen LogP contribution in [0.1, 0.15) is 36.2 Å². The third-order valence-electron chi connectivity index (χ3n) is 3.28. The van der Waals surface area contributed by atoms with Crippen LogP contribution in [0.15, 0.2) is 18.2 Å². The molecule has 0 radical (unpaired) electrons. The summed E-state index contributed by atoms with van der Waals surface area (Å²) in [5.41, 5.74) is 2.01. The molecule has 0 fully saturated rings. The van der Waals surface area contributed by atoms with E-state index in [2.05, 4.69) is 10.6 Å². The molecule has 1 aromatic carbocycles. The number of amides is 2. The van der Waals surface area contributed by atoms with Gasteiger partial charge in [-0.3, -0.25) is 9.59 Å². The lowest BCUT2D eigenvalue weighted by atomic mass is 10.0. The van der Waals surface area contributed by atoms with E-state index in [1.54, 1.807) is 18.2 Å². The molecule has 0 aliphatic carbocycles. The summed E-state index contributed by atoms with van der Waals surface area (Å²) in [6.07, 6.45) is 1.00. The van der Waals surface area contributed by atoms with E-state index in [0.717, 1.165) is 11.3 Å². The number of esters is 1. The third kappa shape index (κ3) is 4.31. The van der Waals surface area contributed by atoms with Gasteiger partial charge in [0.1, 0.15) is 0 Å². The number of aryl methyl sites for hydroxylation is 1. The Hall–Kier alpha value is -2.37. The van der Waals surface area contributed by atoms with Gasteiger partial charge in [-0.05, 0) is 36.1 Å². The normalized spacial score (nSPS) is 13.3. The summed E-state index contributed by atoms with van der Waals surface area (Å²) in [6.45, 7) is 4.23. The number of carbonyl (C=O) groups is 3. The molecule has 0 aromatic heterocycles. The molecule has 6 heteroatoms. The highest BCUT2D eigenvalue weighted by atomic mass is 16.5. The molecule has 0 saturated heterocycles. The highest BCUT2D eigenvalue weighted by Crippen LogP contribution is 2.23. The Labute approximate surface area is 129 Å². The van der Waals surface area contributed by atoms with Gasteiger partial charge in [-0.15, -0.1) is 0 Å². The highest BCUT2D eigenvalue weighted by Gasteiger charge is 2.17. The average Bonchev–Trinajstić information content (AvgIpc) is 2.49. The molecule has 0 unspecified atom stereocenters. The maximum Gasteiger partial charge on any atom is 0.338 e. The van der Waals surface area contributed by atoms with Crippen LogP contribution < -0.4 is 10.6 Å². The zero-order chi connectivity index (χ0) is 16.1. The molecule has 0 saturated carbocycles. The molecule has 1 aromatic rings. The van der Waals surface area contributed by atoms with E-state index in [9.17, 15) is 14.4 Å². The average molecular weight is 304 g/mol. The predicted octanol–water partition coefficient (Wildman–Crippen LogP) is 1.50. The summed E-state index contributed by atoms with van der Waals surface area (Å²) >= 11 is 0. The van der Waals surface area contributed by atoms with E-state index in [0.29, 0.717) is 30.9 Å². The zero-order valence-electron chi connectivity index (χ0n) is 12.8. The van der Waals surface area contributed by atoms with Crippen molar-refractivity contribution in [1.82, 2.24) is 5.32 Å². The van der Waals surface area contributed by atoms with E-state index in [1.165, 1.54) is 0 Å². The molecular formula is C16H20N2O4. The number of anilines is 1. The molecule has 118 valence electrons. The van der Waals surface area contributed by atoms with E-state index in [-0.39, 0.29) is 18.4 Å². The van der Waals surface area contributed by atoms with E-state index in [4.69, 9.17) is 4.74 Å². The third-order valence-corrected chi connectivity index (χ3v) is 3.28. The SMILES string of the molecule is CC(C)CNC(=O)COC(=O)c1ccc2c(c1)CCC(=O)N2. The molecule has 2 amide bonds. The van der Waals surface area contributed by atoms with Crippen LogP contribution in [0.4, 0.5) is 5.69 Å². The van der Waals surface area contributed by atoms with Gasteiger partial charge < -0.3 is 15.4 Å². The number of benzene rings is 1. The zero-order valence-corrected chi connectivity index (χ0v) is 12.8. The van der Waals surface area contributed by atoms with Crippen molar-refractivity contribution in [3.8, 4) is 0 Å². The number of ether oxygens (including phenoxy) is 1. The van der Waals surface area contributed by atoms with Crippen molar-refractivity contribution in [3.63, 3.8) is 0 Å². The van der Waals surface area contributed by atoms with Gasteiger partial charge in [0.25, 0.3) is 5.91 Å². The minimum Gasteiger partial charge on any atom is -0.452 e. The summed E-state index contributed by atoms with van der Waals surface area (Å²) in [4.78, 5) is 34.7. The predicted molar refractivity (Wildman–Crippen MR) is 81.5 cm³/mol. The van der Waals surface area contributed by atoms with Gasteiger partial charge in [0.2, 0.25) is 5.91 Å². The molecule has 2 N–H and O–H groups in total. The molecule has 1 aliphatic rings. The fourth-order valence-electron chi connectivity index (χ4n) is 2.09. The maximum atomic E-state index is 11.9. The van der Waals surface area contributed by atoms with Gasteiger partial charge in [0.15, 0.2) is 6.61 Å². The fourth-order valence-corrected chi connectivity index (χ4v) is 2.09. The molecular weight excluding hydrogens is 284 g/mol. The van der Waals surface area contributed by atoms with Crippen molar-refractivity contribution < 1.29 is 19.1 Å². The van der Waals surface area contributed by atoms with Crippen LogP contribution >= 0.6 is 0 Å². The summed E-state index contributed by atoms with van der Waals surface area (Å²) in [5.74, 6) is -0.535. The first-order valence-corrected chi connectivity index (χ1v) is 7.32. The highest BCUT2D eigenvalue weighted by molar-refractivity contribution is 5.96.